The normalized spacial score (nSPS) is 16.0. The van der Waals surface area contributed by atoms with Crippen LogP contribution in [0.25, 0.3) is 0 Å². The quantitative estimate of drug-likeness (QED) is 0.474. The summed E-state index contributed by atoms with van der Waals surface area (Å²) >= 11 is 0. The van der Waals surface area contributed by atoms with Crippen molar-refractivity contribution in [3.05, 3.63) is 65.5 Å². The van der Waals surface area contributed by atoms with Gasteiger partial charge in [-0.25, -0.2) is 9.97 Å². The second kappa shape index (κ2) is 11.0. The van der Waals surface area contributed by atoms with Gasteiger partial charge in [-0.3, -0.25) is 4.90 Å². The summed E-state index contributed by atoms with van der Waals surface area (Å²) in [5, 5.41) is 0. The lowest BCUT2D eigenvalue weighted by atomic mass is 10.1. The van der Waals surface area contributed by atoms with E-state index in [4.69, 9.17) is 24.2 Å². The second-order valence-electron chi connectivity index (χ2n) is 9.17. The first-order chi connectivity index (χ1) is 17.7. The monoisotopic (exact) mass is 489 g/mol. The number of benzene rings is 2. The highest BCUT2D eigenvalue weighted by atomic mass is 16.5. The summed E-state index contributed by atoms with van der Waals surface area (Å²) < 4.78 is 16.7. The van der Waals surface area contributed by atoms with E-state index in [9.17, 15) is 0 Å². The fraction of sp³-hybridized carbons (Fsp3) is 0.429. The summed E-state index contributed by atoms with van der Waals surface area (Å²) in [6.45, 7) is 8.90. The van der Waals surface area contributed by atoms with Crippen LogP contribution < -0.4 is 24.0 Å². The fourth-order valence-corrected chi connectivity index (χ4v) is 5.03. The Morgan fingerprint density at radius 2 is 1.64 bits per heavy atom. The van der Waals surface area contributed by atoms with Crippen LogP contribution in [-0.2, 0) is 19.5 Å². The molecule has 0 amide bonds. The molecule has 2 aromatic carbocycles. The van der Waals surface area contributed by atoms with Crippen LogP contribution in [0.2, 0.25) is 0 Å². The van der Waals surface area contributed by atoms with E-state index in [0.29, 0.717) is 6.61 Å². The molecule has 36 heavy (non-hydrogen) atoms. The Kier molecular flexibility index (Phi) is 7.41. The summed E-state index contributed by atoms with van der Waals surface area (Å²) in [5.74, 6) is 3.34. The maximum atomic E-state index is 5.65. The number of ether oxygens (including phenoxy) is 3. The molecule has 0 aliphatic carbocycles. The van der Waals surface area contributed by atoms with E-state index in [2.05, 4.69) is 39.0 Å². The molecule has 8 nitrogen and oxygen atoms in total. The average molecular weight is 490 g/mol. The summed E-state index contributed by atoms with van der Waals surface area (Å²) in [6.07, 6.45) is 2.95. The van der Waals surface area contributed by atoms with Crippen LogP contribution in [0, 0.1) is 0 Å². The van der Waals surface area contributed by atoms with Crippen molar-refractivity contribution in [3.63, 3.8) is 0 Å². The van der Waals surface area contributed by atoms with E-state index in [0.717, 1.165) is 81.1 Å². The Labute approximate surface area is 213 Å². The van der Waals surface area contributed by atoms with Crippen LogP contribution in [0.3, 0.4) is 0 Å². The standard InChI is InChI=1S/C28H35N5O3/c1-4-36-26-10-9-21(17-27(26)35-3)19-31-12-11-23-22(20-31)18-29-28(30-23)33-15-13-32(14-16-33)24-7-5-6-8-25(24)34-2/h5-10,17-18H,4,11-16,19-20H2,1-3H3. The molecule has 0 bridgehead atoms. The molecule has 0 radical (unpaired) electrons. The highest BCUT2D eigenvalue weighted by Gasteiger charge is 2.24. The van der Waals surface area contributed by atoms with Gasteiger partial charge in [-0.2, -0.15) is 0 Å². The van der Waals surface area contributed by atoms with Crippen molar-refractivity contribution in [2.24, 2.45) is 0 Å². The molecule has 8 heteroatoms. The molecule has 2 aliphatic heterocycles. The number of hydrogen-bond donors (Lipinski definition) is 0. The molecule has 3 heterocycles. The van der Waals surface area contributed by atoms with Gasteiger partial charge in [0.2, 0.25) is 5.95 Å². The van der Waals surface area contributed by atoms with Crippen molar-refractivity contribution in [3.8, 4) is 17.2 Å². The highest BCUT2D eigenvalue weighted by molar-refractivity contribution is 5.59. The average Bonchev–Trinajstić information content (AvgIpc) is 2.93. The van der Waals surface area contributed by atoms with Gasteiger partial charge >= 0.3 is 0 Å². The van der Waals surface area contributed by atoms with Crippen molar-refractivity contribution in [2.45, 2.75) is 26.4 Å². The molecule has 1 saturated heterocycles. The first kappa shape index (κ1) is 24.2. The Bertz CT molecular complexity index is 1180. The Morgan fingerprint density at radius 1 is 0.861 bits per heavy atom. The summed E-state index contributed by atoms with van der Waals surface area (Å²) in [4.78, 5) is 16.8. The first-order valence-corrected chi connectivity index (χ1v) is 12.7. The van der Waals surface area contributed by atoms with Crippen LogP contribution >= 0.6 is 0 Å². The molecule has 1 aromatic heterocycles. The fourth-order valence-electron chi connectivity index (χ4n) is 5.03. The predicted molar refractivity (Wildman–Crippen MR) is 141 cm³/mol. The van der Waals surface area contributed by atoms with Crippen molar-refractivity contribution >= 4 is 11.6 Å². The molecule has 0 unspecified atom stereocenters. The van der Waals surface area contributed by atoms with Crippen LogP contribution in [0.15, 0.2) is 48.7 Å². The van der Waals surface area contributed by atoms with Crippen molar-refractivity contribution in [1.29, 1.82) is 0 Å². The van der Waals surface area contributed by atoms with Crippen molar-refractivity contribution in [1.82, 2.24) is 14.9 Å². The van der Waals surface area contributed by atoms with E-state index >= 15 is 0 Å². The van der Waals surface area contributed by atoms with Gasteiger partial charge in [0.25, 0.3) is 0 Å². The van der Waals surface area contributed by atoms with Crippen LogP contribution in [0.4, 0.5) is 11.6 Å². The SMILES string of the molecule is CCOc1ccc(CN2CCc3nc(N4CCN(c5ccccc5OC)CC4)ncc3C2)cc1OC. The maximum Gasteiger partial charge on any atom is 0.225 e. The molecule has 190 valence electrons. The lowest BCUT2D eigenvalue weighted by Gasteiger charge is -2.37. The van der Waals surface area contributed by atoms with E-state index in [-0.39, 0.29) is 0 Å². The minimum atomic E-state index is 0.623. The van der Waals surface area contributed by atoms with Gasteiger partial charge in [0.05, 0.1) is 32.2 Å². The summed E-state index contributed by atoms with van der Waals surface area (Å²) in [6, 6.07) is 14.4. The maximum absolute atomic E-state index is 5.65. The number of hydrogen-bond acceptors (Lipinski definition) is 8. The Balaban J connectivity index is 1.20. The van der Waals surface area contributed by atoms with Crippen LogP contribution in [0.5, 0.6) is 17.2 Å². The third-order valence-electron chi connectivity index (χ3n) is 6.92. The number of anilines is 2. The topological polar surface area (TPSA) is 63.2 Å². The number of aromatic nitrogens is 2. The zero-order valence-corrected chi connectivity index (χ0v) is 21.4. The molecular formula is C28H35N5O3. The Morgan fingerprint density at radius 3 is 2.42 bits per heavy atom. The van der Waals surface area contributed by atoms with E-state index < -0.39 is 0 Å². The zero-order chi connectivity index (χ0) is 24.9. The molecule has 0 N–H and O–H groups in total. The van der Waals surface area contributed by atoms with Gasteiger partial charge in [0.1, 0.15) is 5.75 Å². The number of methoxy groups -OCH3 is 2. The van der Waals surface area contributed by atoms with Gasteiger partial charge in [-0.15, -0.1) is 0 Å². The van der Waals surface area contributed by atoms with Gasteiger partial charge in [-0.05, 0) is 36.8 Å². The third-order valence-corrected chi connectivity index (χ3v) is 6.92. The highest BCUT2D eigenvalue weighted by Crippen LogP contribution is 2.31. The van der Waals surface area contributed by atoms with Crippen molar-refractivity contribution < 1.29 is 14.2 Å². The number of rotatable bonds is 8. The number of fused-ring (bicyclic) bond motifs is 1. The minimum absolute atomic E-state index is 0.623. The van der Waals surface area contributed by atoms with Crippen molar-refractivity contribution in [2.75, 3.05) is 63.4 Å². The molecular weight excluding hydrogens is 454 g/mol. The van der Waals surface area contributed by atoms with Crippen LogP contribution in [-0.4, -0.2) is 68.4 Å². The van der Waals surface area contributed by atoms with Gasteiger partial charge < -0.3 is 24.0 Å². The second-order valence-corrected chi connectivity index (χ2v) is 9.17. The molecule has 5 rings (SSSR count). The molecule has 0 atom stereocenters. The largest absolute Gasteiger partial charge is 0.495 e. The molecule has 0 spiro atoms. The number of piperazine rings is 1. The summed E-state index contributed by atoms with van der Waals surface area (Å²) in [5.41, 5.74) is 4.75. The van der Waals surface area contributed by atoms with Crippen LogP contribution in [0.1, 0.15) is 23.7 Å². The van der Waals surface area contributed by atoms with E-state index in [1.54, 1.807) is 14.2 Å². The lowest BCUT2D eigenvalue weighted by molar-refractivity contribution is 0.242. The van der Waals surface area contributed by atoms with Gasteiger partial charge in [0, 0.05) is 64.0 Å². The smallest absolute Gasteiger partial charge is 0.225 e. The molecule has 3 aromatic rings. The number of para-hydroxylation sites is 2. The minimum Gasteiger partial charge on any atom is -0.495 e. The van der Waals surface area contributed by atoms with E-state index in [1.165, 1.54) is 16.8 Å². The third kappa shape index (κ3) is 5.18. The van der Waals surface area contributed by atoms with Gasteiger partial charge in [-0.1, -0.05) is 18.2 Å². The molecule has 2 aliphatic rings. The Hall–Kier alpha value is -3.52. The van der Waals surface area contributed by atoms with E-state index in [1.807, 2.05) is 31.3 Å². The summed E-state index contributed by atoms with van der Waals surface area (Å²) in [7, 11) is 3.41. The predicted octanol–water partition coefficient (Wildman–Crippen LogP) is 3.78. The molecule has 1 fully saturated rings. The number of nitrogens with zero attached hydrogens (tertiary/aromatic N) is 5. The first-order valence-electron chi connectivity index (χ1n) is 12.7. The molecule has 0 saturated carbocycles. The van der Waals surface area contributed by atoms with Gasteiger partial charge in [0.15, 0.2) is 11.5 Å². The zero-order valence-electron chi connectivity index (χ0n) is 21.4. The lowest BCUT2D eigenvalue weighted by Crippen LogP contribution is -2.47.